The van der Waals surface area contributed by atoms with Crippen LogP contribution in [0.1, 0.15) is 32.2 Å². The van der Waals surface area contributed by atoms with Gasteiger partial charge in [0.05, 0.1) is 7.11 Å². The average molecular weight is 570 g/mol. The number of piperazine rings is 1. The fourth-order valence-electron chi connectivity index (χ4n) is 4.04. The van der Waals surface area contributed by atoms with Crippen molar-refractivity contribution in [2.24, 2.45) is 10.9 Å². The number of ether oxygens (including phenoxy) is 1. The number of methoxy groups -OCH3 is 1. The molecule has 1 aliphatic rings. The topological polar surface area (TPSA) is 70.8 Å². The van der Waals surface area contributed by atoms with Gasteiger partial charge in [0, 0.05) is 58.8 Å². The number of nitrogens with one attached hydrogen (secondary N) is 1. The molecule has 0 atom stereocenters. The van der Waals surface area contributed by atoms with Gasteiger partial charge in [0.25, 0.3) is 0 Å². The van der Waals surface area contributed by atoms with E-state index in [0.717, 1.165) is 76.2 Å². The van der Waals surface area contributed by atoms with Crippen molar-refractivity contribution in [3.8, 4) is 5.75 Å². The second-order valence-electron chi connectivity index (χ2n) is 8.71. The number of hydrogen-bond acceptors (Lipinski definition) is 5. The second-order valence-corrected chi connectivity index (χ2v) is 8.71. The van der Waals surface area contributed by atoms with Gasteiger partial charge in [0.2, 0.25) is 0 Å². The number of halogens is 1. The van der Waals surface area contributed by atoms with Crippen LogP contribution in [0, 0.1) is 5.92 Å². The zero-order valence-electron chi connectivity index (χ0n) is 20.5. The Morgan fingerprint density at radius 1 is 1.15 bits per heavy atom. The minimum Gasteiger partial charge on any atom is -0.497 e. The van der Waals surface area contributed by atoms with Gasteiger partial charge in [0.1, 0.15) is 17.9 Å². The summed E-state index contributed by atoms with van der Waals surface area (Å²) in [4.78, 5) is 9.93. The van der Waals surface area contributed by atoms with E-state index in [4.69, 9.17) is 9.73 Å². The van der Waals surface area contributed by atoms with Gasteiger partial charge in [-0.3, -0.25) is 9.89 Å². The standard InChI is InChI=1S/C24H39N7O.HI/c1-5-23-28-27-19-31(23)13-12-26-24(30-16-14-29(15-17-30)18-20(2)3)25-11-10-21-6-8-22(32-4)9-7-21;/h6-9,19-20H,5,10-18H2,1-4H3,(H,25,26);1H. The van der Waals surface area contributed by atoms with Gasteiger partial charge in [-0.25, -0.2) is 0 Å². The third kappa shape index (κ3) is 8.77. The molecule has 2 aromatic rings. The largest absolute Gasteiger partial charge is 0.497 e. The van der Waals surface area contributed by atoms with Gasteiger partial charge in [-0.15, -0.1) is 34.2 Å². The second kappa shape index (κ2) is 14.4. The zero-order valence-corrected chi connectivity index (χ0v) is 22.9. The van der Waals surface area contributed by atoms with Crippen LogP contribution in [-0.2, 0) is 19.4 Å². The number of aryl methyl sites for hydroxylation is 1. The van der Waals surface area contributed by atoms with Crippen molar-refractivity contribution in [2.45, 2.75) is 40.2 Å². The molecule has 1 aromatic heterocycles. The summed E-state index contributed by atoms with van der Waals surface area (Å²) in [5.74, 6) is 3.62. The highest BCUT2D eigenvalue weighted by Crippen LogP contribution is 2.12. The molecular formula is C24H40IN7O. The van der Waals surface area contributed by atoms with Crippen LogP contribution in [0.25, 0.3) is 0 Å². The maximum absolute atomic E-state index is 5.26. The lowest BCUT2D eigenvalue weighted by Crippen LogP contribution is -2.53. The van der Waals surface area contributed by atoms with Crippen LogP contribution in [-0.4, -0.2) is 83.4 Å². The Bertz CT molecular complexity index is 830. The van der Waals surface area contributed by atoms with E-state index >= 15 is 0 Å². The normalized spacial score (nSPS) is 14.9. The zero-order chi connectivity index (χ0) is 22.8. The smallest absolute Gasteiger partial charge is 0.194 e. The van der Waals surface area contributed by atoms with E-state index in [9.17, 15) is 0 Å². The van der Waals surface area contributed by atoms with Crippen LogP contribution >= 0.6 is 24.0 Å². The van der Waals surface area contributed by atoms with E-state index < -0.39 is 0 Å². The lowest BCUT2D eigenvalue weighted by Gasteiger charge is -2.37. The fourth-order valence-corrected chi connectivity index (χ4v) is 4.04. The highest BCUT2D eigenvalue weighted by atomic mass is 127. The Kier molecular flexibility index (Phi) is 11.9. The number of benzene rings is 1. The van der Waals surface area contributed by atoms with Gasteiger partial charge in [-0.2, -0.15) is 0 Å². The van der Waals surface area contributed by atoms with E-state index in [1.54, 1.807) is 7.11 Å². The minimum absolute atomic E-state index is 0. The van der Waals surface area contributed by atoms with Crippen molar-refractivity contribution in [1.29, 1.82) is 0 Å². The number of aromatic nitrogens is 3. The molecule has 0 radical (unpaired) electrons. The van der Waals surface area contributed by atoms with Crippen LogP contribution in [0.3, 0.4) is 0 Å². The van der Waals surface area contributed by atoms with Gasteiger partial charge in [-0.05, 0) is 30.0 Å². The van der Waals surface area contributed by atoms with Crippen molar-refractivity contribution in [3.63, 3.8) is 0 Å². The van der Waals surface area contributed by atoms with Gasteiger partial charge < -0.3 is 19.5 Å². The molecule has 0 bridgehead atoms. The van der Waals surface area contributed by atoms with Gasteiger partial charge in [0.15, 0.2) is 5.96 Å². The Balaban J connectivity index is 0.00000385. The quantitative estimate of drug-likeness (QED) is 0.270. The summed E-state index contributed by atoms with van der Waals surface area (Å²) in [6.45, 7) is 14.4. The maximum Gasteiger partial charge on any atom is 0.194 e. The first-order chi connectivity index (χ1) is 15.6. The Morgan fingerprint density at radius 2 is 1.88 bits per heavy atom. The molecule has 1 aromatic carbocycles. The Morgan fingerprint density at radius 3 is 2.52 bits per heavy atom. The molecule has 1 saturated heterocycles. The molecule has 0 amide bonds. The molecule has 8 nitrogen and oxygen atoms in total. The van der Waals surface area contributed by atoms with Crippen LogP contribution in [0.4, 0.5) is 0 Å². The lowest BCUT2D eigenvalue weighted by atomic mass is 10.1. The number of hydrogen-bond donors (Lipinski definition) is 1. The summed E-state index contributed by atoms with van der Waals surface area (Å²) in [5.41, 5.74) is 1.27. The van der Waals surface area contributed by atoms with Crippen LogP contribution in [0.2, 0.25) is 0 Å². The van der Waals surface area contributed by atoms with Crippen molar-refractivity contribution in [2.75, 3.05) is 52.9 Å². The minimum atomic E-state index is 0. The SMILES string of the molecule is CCc1nncn1CCNC(=NCCc1ccc(OC)cc1)N1CCN(CC(C)C)CC1.I. The molecule has 0 spiro atoms. The summed E-state index contributed by atoms with van der Waals surface area (Å²) >= 11 is 0. The first-order valence-electron chi connectivity index (χ1n) is 11.8. The van der Waals surface area contributed by atoms with Crippen molar-refractivity contribution in [1.82, 2.24) is 29.9 Å². The fraction of sp³-hybridized carbons (Fsp3) is 0.625. The summed E-state index contributed by atoms with van der Waals surface area (Å²) in [7, 11) is 1.70. The van der Waals surface area contributed by atoms with Crippen molar-refractivity contribution < 1.29 is 4.74 Å². The molecular weight excluding hydrogens is 529 g/mol. The number of nitrogens with zero attached hydrogens (tertiary/aromatic N) is 6. The first kappa shape index (κ1) is 27.4. The van der Waals surface area contributed by atoms with Crippen LogP contribution in [0.15, 0.2) is 35.6 Å². The van der Waals surface area contributed by atoms with Crippen LogP contribution in [0.5, 0.6) is 5.75 Å². The summed E-state index contributed by atoms with van der Waals surface area (Å²) in [6, 6.07) is 8.25. The van der Waals surface area contributed by atoms with E-state index in [1.165, 1.54) is 12.1 Å². The summed E-state index contributed by atoms with van der Waals surface area (Å²) < 4.78 is 7.37. The predicted molar refractivity (Wildman–Crippen MR) is 145 cm³/mol. The molecule has 9 heteroatoms. The highest BCUT2D eigenvalue weighted by molar-refractivity contribution is 14.0. The Labute approximate surface area is 215 Å². The third-order valence-corrected chi connectivity index (χ3v) is 5.76. The summed E-state index contributed by atoms with van der Waals surface area (Å²) in [6.07, 6.45) is 3.61. The molecule has 1 aliphatic heterocycles. The molecule has 3 rings (SSSR count). The summed E-state index contributed by atoms with van der Waals surface area (Å²) in [5, 5.41) is 11.8. The first-order valence-corrected chi connectivity index (χ1v) is 11.8. The molecule has 0 unspecified atom stereocenters. The third-order valence-electron chi connectivity index (χ3n) is 5.76. The number of rotatable bonds is 10. The predicted octanol–water partition coefficient (Wildman–Crippen LogP) is 2.93. The lowest BCUT2D eigenvalue weighted by molar-refractivity contribution is 0.164. The molecule has 33 heavy (non-hydrogen) atoms. The maximum atomic E-state index is 5.26. The van der Waals surface area contributed by atoms with Crippen LogP contribution < -0.4 is 10.1 Å². The van der Waals surface area contributed by atoms with E-state index in [-0.39, 0.29) is 24.0 Å². The Hall–Kier alpha value is -1.88. The van der Waals surface area contributed by atoms with E-state index in [1.807, 2.05) is 18.5 Å². The molecule has 184 valence electrons. The van der Waals surface area contributed by atoms with E-state index in [0.29, 0.717) is 5.92 Å². The van der Waals surface area contributed by atoms with Crippen molar-refractivity contribution in [3.05, 3.63) is 42.0 Å². The number of aliphatic imine (C=N–C) groups is 1. The highest BCUT2D eigenvalue weighted by Gasteiger charge is 2.20. The molecule has 1 fully saturated rings. The van der Waals surface area contributed by atoms with E-state index in [2.05, 4.69) is 62.8 Å². The molecule has 0 saturated carbocycles. The molecule has 0 aliphatic carbocycles. The molecule has 1 N–H and O–H groups in total. The van der Waals surface area contributed by atoms with Gasteiger partial charge in [-0.1, -0.05) is 32.9 Å². The number of guanidine groups is 1. The van der Waals surface area contributed by atoms with Gasteiger partial charge >= 0.3 is 0 Å². The molecule has 2 heterocycles. The monoisotopic (exact) mass is 569 g/mol. The van der Waals surface area contributed by atoms with Crippen molar-refractivity contribution >= 4 is 29.9 Å². The average Bonchev–Trinajstić information content (AvgIpc) is 3.26.